The van der Waals surface area contributed by atoms with Crippen molar-refractivity contribution in [3.05, 3.63) is 71.2 Å². The molecule has 0 fully saturated rings. The van der Waals surface area contributed by atoms with Gasteiger partial charge in [-0.3, -0.25) is 9.29 Å². The molecule has 0 aliphatic heterocycles. The summed E-state index contributed by atoms with van der Waals surface area (Å²) in [7, 11) is 4.80. The van der Waals surface area contributed by atoms with Crippen LogP contribution in [0.5, 0.6) is 17.4 Å². The van der Waals surface area contributed by atoms with E-state index in [0.29, 0.717) is 40.5 Å². The minimum Gasteiger partial charge on any atom is -0.494 e. The predicted molar refractivity (Wildman–Crippen MR) is 135 cm³/mol. The number of nitrogens with zero attached hydrogens (tertiary/aromatic N) is 4. The molecule has 0 atom stereocenters. The summed E-state index contributed by atoms with van der Waals surface area (Å²) in [6.45, 7) is 0. The van der Waals surface area contributed by atoms with Crippen LogP contribution in [0, 0.1) is 0 Å². The molecule has 0 aliphatic carbocycles. The van der Waals surface area contributed by atoms with Crippen molar-refractivity contribution in [1.29, 1.82) is 0 Å². The SMILES string of the molecule is COc1cccc(-c2nnc(NSCCc3ccc(Cl)cc3)n2-c2c(OC)cccc2OC)n1. The highest BCUT2D eigenvalue weighted by Crippen LogP contribution is 2.37. The first-order chi connectivity index (χ1) is 16.6. The molecular formula is C24H24ClN5O3S. The lowest BCUT2D eigenvalue weighted by Gasteiger charge is -2.17. The van der Waals surface area contributed by atoms with Gasteiger partial charge in [-0.15, -0.1) is 10.2 Å². The molecule has 0 spiro atoms. The van der Waals surface area contributed by atoms with Gasteiger partial charge in [-0.05, 0) is 54.3 Å². The molecule has 0 radical (unpaired) electrons. The Morgan fingerprint density at radius 1 is 0.882 bits per heavy atom. The molecule has 4 rings (SSSR count). The molecule has 2 aromatic carbocycles. The van der Waals surface area contributed by atoms with Crippen LogP contribution in [0.15, 0.2) is 60.7 Å². The highest BCUT2D eigenvalue weighted by molar-refractivity contribution is 8.00. The molecule has 2 aromatic heterocycles. The van der Waals surface area contributed by atoms with Crippen LogP contribution in [0.2, 0.25) is 5.02 Å². The average molecular weight is 498 g/mol. The second-order valence-corrected chi connectivity index (χ2v) is 8.42. The zero-order valence-electron chi connectivity index (χ0n) is 19.0. The maximum atomic E-state index is 5.98. The summed E-state index contributed by atoms with van der Waals surface area (Å²) in [4.78, 5) is 4.54. The summed E-state index contributed by atoms with van der Waals surface area (Å²) in [6.07, 6.45) is 0.866. The van der Waals surface area contributed by atoms with Crippen molar-refractivity contribution in [3.63, 3.8) is 0 Å². The van der Waals surface area contributed by atoms with Crippen molar-refractivity contribution in [3.8, 4) is 34.6 Å². The molecule has 4 aromatic rings. The number of pyridine rings is 1. The van der Waals surface area contributed by atoms with E-state index in [2.05, 4.69) is 19.9 Å². The number of halogens is 1. The van der Waals surface area contributed by atoms with Crippen molar-refractivity contribution in [2.45, 2.75) is 6.42 Å². The summed E-state index contributed by atoms with van der Waals surface area (Å²) in [5.41, 5.74) is 2.46. The zero-order chi connectivity index (χ0) is 23.9. The van der Waals surface area contributed by atoms with E-state index < -0.39 is 0 Å². The average Bonchev–Trinajstić information content (AvgIpc) is 3.30. The Kier molecular flexibility index (Phi) is 7.76. The number of aromatic nitrogens is 4. The van der Waals surface area contributed by atoms with E-state index in [1.165, 1.54) is 17.5 Å². The number of hydrogen-bond acceptors (Lipinski definition) is 8. The van der Waals surface area contributed by atoms with Gasteiger partial charge in [-0.1, -0.05) is 35.9 Å². The number of ether oxygens (including phenoxy) is 3. The number of anilines is 1. The van der Waals surface area contributed by atoms with Crippen molar-refractivity contribution in [1.82, 2.24) is 19.7 Å². The van der Waals surface area contributed by atoms with Crippen LogP contribution < -0.4 is 18.9 Å². The van der Waals surface area contributed by atoms with Gasteiger partial charge < -0.3 is 14.2 Å². The third kappa shape index (κ3) is 5.21. The van der Waals surface area contributed by atoms with E-state index in [1.807, 2.05) is 59.2 Å². The van der Waals surface area contributed by atoms with Gasteiger partial charge in [0.1, 0.15) is 22.9 Å². The minimum absolute atomic E-state index is 0.478. The molecule has 1 N–H and O–H groups in total. The molecule has 2 heterocycles. The van der Waals surface area contributed by atoms with Gasteiger partial charge in [0, 0.05) is 16.8 Å². The Morgan fingerprint density at radius 3 is 2.26 bits per heavy atom. The third-order valence-electron chi connectivity index (χ3n) is 5.02. The number of nitrogens with one attached hydrogen (secondary N) is 1. The Morgan fingerprint density at radius 2 is 1.59 bits per heavy atom. The summed E-state index contributed by atoms with van der Waals surface area (Å²) >= 11 is 7.51. The molecule has 10 heteroatoms. The molecule has 8 nitrogen and oxygen atoms in total. The molecule has 0 aliphatic rings. The summed E-state index contributed by atoms with van der Waals surface area (Å²) in [5.74, 6) is 3.54. The number of methoxy groups -OCH3 is 3. The molecular weight excluding hydrogens is 474 g/mol. The molecule has 0 saturated carbocycles. The molecule has 0 bridgehead atoms. The Balaban J connectivity index is 1.68. The van der Waals surface area contributed by atoms with Gasteiger partial charge >= 0.3 is 0 Å². The molecule has 176 valence electrons. The summed E-state index contributed by atoms with van der Waals surface area (Å²) < 4.78 is 21.8. The maximum absolute atomic E-state index is 5.98. The largest absolute Gasteiger partial charge is 0.494 e. The lowest BCUT2D eigenvalue weighted by atomic mass is 10.2. The van der Waals surface area contributed by atoms with Crippen molar-refractivity contribution < 1.29 is 14.2 Å². The fraction of sp³-hybridized carbons (Fsp3) is 0.208. The Labute approximate surface area is 207 Å². The van der Waals surface area contributed by atoms with Crippen LogP contribution in [0.3, 0.4) is 0 Å². The second-order valence-electron chi connectivity index (χ2n) is 7.09. The summed E-state index contributed by atoms with van der Waals surface area (Å²) in [5, 5.41) is 9.56. The van der Waals surface area contributed by atoms with Crippen molar-refractivity contribution >= 4 is 29.5 Å². The van der Waals surface area contributed by atoms with E-state index in [0.717, 1.165) is 17.2 Å². The lowest BCUT2D eigenvalue weighted by Crippen LogP contribution is -2.07. The number of rotatable bonds is 10. The van der Waals surface area contributed by atoms with Crippen LogP contribution in [0.1, 0.15) is 5.56 Å². The zero-order valence-corrected chi connectivity index (χ0v) is 20.6. The van der Waals surface area contributed by atoms with Gasteiger partial charge in [-0.2, -0.15) is 0 Å². The Hall–Kier alpha value is -3.43. The Bertz CT molecular complexity index is 1230. The predicted octanol–water partition coefficient (Wildman–Crippen LogP) is 5.31. The number of para-hydroxylation sites is 1. The first-order valence-electron chi connectivity index (χ1n) is 10.4. The quantitative estimate of drug-likeness (QED) is 0.233. The fourth-order valence-electron chi connectivity index (χ4n) is 3.37. The van der Waals surface area contributed by atoms with E-state index in [4.69, 9.17) is 25.8 Å². The standard InChI is InChI=1S/C24H24ClN5O3S/c1-31-19-7-5-8-20(32-2)22(19)30-23(18-6-4-9-21(26-18)33-3)27-28-24(30)29-34-15-14-16-10-12-17(25)13-11-16/h4-13H,14-15H2,1-3H3,(H,28,29). The molecule has 0 unspecified atom stereocenters. The molecule has 34 heavy (non-hydrogen) atoms. The van der Waals surface area contributed by atoms with Crippen LogP contribution in [0.4, 0.5) is 5.95 Å². The van der Waals surface area contributed by atoms with E-state index in [9.17, 15) is 0 Å². The van der Waals surface area contributed by atoms with Crippen LogP contribution in [-0.2, 0) is 6.42 Å². The van der Waals surface area contributed by atoms with Gasteiger partial charge in [0.15, 0.2) is 5.82 Å². The third-order valence-corrected chi connectivity index (χ3v) is 6.01. The molecule has 0 amide bonds. The smallest absolute Gasteiger partial charge is 0.239 e. The van der Waals surface area contributed by atoms with E-state index in [1.54, 1.807) is 27.4 Å². The van der Waals surface area contributed by atoms with Gasteiger partial charge in [0.05, 0.1) is 21.3 Å². The second kappa shape index (κ2) is 11.1. The monoisotopic (exact) mass is 497 g/mol. The van der Waals surface area contributed by atoms with E-state index in [-0.39, 0.29) is 0 Å². The topological polar surface area (TPSA) is 83.3 Å². The van der Waals surface area contributed by atoms with Crippen LogP contribution >= 0.6 is 23.5 Å². The highest BCUT2D eigenvalue weighted by atomic mass is 35.5. The van der Waals surface area contributed by atoms with Crippen molar-refractivity contribution in [2.75, 3.05) is 31.8 Å². The number of hydrogen-bond donors (Lipinski definition) is 1. The number of aryl methyl sites for hydroxylation is 1. The van der Waals surface area contributed by atoms with Gasteiger partial charge in [0.25, 0.3) is 0 Å². The lowest BCUT2D eigenvalue weighted by molar-refractivity contribution is 0.391. The maximum Gasteiger partial charge on any atom is 0.239 e. The first kappa shape index (κ1) is 23.7. The fourth-order valence-corrected chi connectivity index (χ4v) is 4.20. The summed E-state index contributed by atoms with van der Waals surface area (Å²) in [6, 6.07) is 18.9. The van der Waals surface area contributed by atoms with Crippen molar-refractivity contribution in [2.24, 2.45) is 0 Å². The molecule has 0 saturated heterocycles. The normalized spacial score (nSPS) is 10.7. The highest BCUT2D eigenvalue weighted by Gasteiger charge is 2.23. The van der Waals surface area contributed by atoms with Crippen LogP contribution in [-0.4, -0.2) is 46.8 Å². The first-order valence-corrected chi connectivity index (χ1v) is 11.8. The van der Waals surface area contributed by atoms with Gasteiger partial charge in [-0.25, -0.2) is 4.98 Å². The van der Waals surface area contributed by atoms with E-state index >= 15 is 0 Å². The minimum atomic E-state index is 0.478. The van der Waals surface area contributed by atoms with Crippen LogP contribution in [0.25, 0.3) is 17.2 Å². The van der Waals surface area contributed by atoms with Gasteiger partial charge in [0.2, 0.25) is 11.8 Å². The number of benzene rings is 2.